The van der Waals surface area contributed by atoms with Gasteiger partial charge < -0.3 is 19.9 Å². The second-order valence-corrected chi connectivity index (χ2v) is 6.33. The number of hydrogen-bond donors (Lipinski definition) is 1. The van der Waals surface area contributed by atoms with Crippen molar-refractivity contribution in [3.05, 3.63) is 47.7 Å². The molecule has 1 saturated heterocycles. The summed E-state index contributed by atoms with van der Waals surface area (Å²) < 4.78 is 5.01. The molecule has 0 saturated carbocycles. The van der Waals surface area contributed by atoms with Gasteiger partial charge in [0.25, 0.3) is 5.91 Å². The molecule has 3 rings (SSSR count). The molecule has 1 fully saturated rings. The summed E-state index contributed by atoms with van der Waals surface area (Å²) in [7, 11) is 3.70. The van der Waals surface area contributed by atoms with Gasteiger partial charge in [0.2, 0.25) is 5.88 Å². The second kappa shape index (κ2) is 7.53. The number of pyridine rings is 1. The van der Waals surface area contributed by atoms with Crippen LogP contribution in [0.15, 0.2) is 36.5 Å². The van der Waals surface area contributed by atoms with Gasteiger partial charge in [-0.25, -0.2) is 4.98 Å². The summed E-state index contributed by atoms with van der Waals surface area (Å²) in [4.78, 5) is 21.2. The number of amides is 1. The highest BCUT2D eigenvalue weighted by Gasteiger charge is 2.15. The molecule has 0 spiro atoms. The molecule has 25 heavy (non-hydrogen) atoms. The molecule has 1 N–H and O–H groups in total. The lowest BCUT2D eigenvalue weighted by Gasteiger charge is -2.34. The van der Waals surface area contributed by atoms with Crippen LogP contribution in [0.4, 0.5) is 11.4 Å². The maximum Gasteiger partial charge on any atom is 0.257 e. The summed E-state index contributed by atoms with van der Waals surface area (Å²) in [5, 5.41) is 2.95. The SMILES string of the molecule is COc1ccc(C(=O)Nc2ccc(N3CCN(C)CC3)cc2C)cn1. The van der Waals surface area contributed by atoms with Crippen molar-refractivity contribution in [1.82, 2.24) is 9.88 Å². The van der Waals surface area contributed by atoms with Crippen LogP contribution in [-0.2, 0) is 0 Å². The molecular weight excluding hydrogens is 316 g/mol. The van der Waals surface area contributed by atoms with Crippen LogP contribution in [0.3, 0.4) is 0 Å². The van der Waals surface area contributed by atoms with Crippen LogP contribution in [0.2, 0.25) is 0 Å². The minimum Gasteiger partial charge on any atom is -0.481 e. The highest BCUT2D eigenvalue weighted by Crippen LogP contribution is 2.24. The molecule has 132 valence electrons. The van der Waals surface area contributed by atoms with E-state index in [-0.39, 0.29) is 5.91 Å². The number of aryl methyl sites for hydroxylation is 1. The Balaban J connectivity index is 1.69. The van der Waals surface area contributed by atoms with Gasteiger partial charge in [0.1, 0.15) is 0 Å². The summed E-state index contributed by atoms with van der Waals surface area (Å²) >= 11 is 0. The first-order valence-electron chi connectivity index (χ1n) is 8.42. The fourth-order valence-electron chi connectivity index (χ4n) is 2.88. The Kier molecular flexibility index (Phi) is 5.19. The van der Waals surface area contributed by atoms with Gasteiger partial charge in [-0.15, -0.1) is 0 Å². The number of nitrogens with zero attached hydrogens (tertiary/aromatic N) is 3. The molecule has 1 aliphatic heterocycles. The normalized spacial score (nSPS) is 15.1. The van der Waals surface area contributed by atoms with E-state index in [9.17, 15) is 4.79 Å². The number of methoxy groups -OCH3 is 1. The van der Waals surface area contributed by atoms with Gasteiger partial charge in [0.05, 0.1) is 12.7 Å². The van der Waals surface area contributed by atoms with E-state index < -0.39 is 0 Å². The third-order valence-electron chi connectivity index (χ3n) is 4.53. The van der Waals surface area contributed by atoms with Crippen LogP contribution in [0.5, 0.6) is 5.88 Å². The van der Waals surface area contributed by atoms with E-state index in [2.05, 4.69) is 39.3 Å². The Morgan fingerprint density at radius 2 is 1.92 bits per heavy atom. The minimum absolute atomic E-state index is 0.175. The standard InChI is InChI=1S/C19H24N4O2/c1-14-12-16(23-10-8-22(2)9-11-23)5-6-17(14)21-19(24)15-4-7-18(25-3)20-13-15/h4-7,12-13H,8-11H2,1-3H3,(H,21,24). The average Bonchev–Trinajstić information content (AvgIpc) is 2.64. The van der Waals surface area contributed by atoms with Crippen molar-refractivity contribution in [3.8, 4) is 5.88 Å². The monoisotopic (exact) mass is 340 g/mol. The zero-order valence-electron chi connectivity index (χ0n) is 15.0. The van der Waals surface area contributed by atoms with E-state index >= 15 is 0 Å². The Morgan fingerprint density at radius 1 is 1.16 bits per heavy atom. The van der Waals surface area contributed by atoms with Crippen LogP contribution >= 0.6 is 0 Å². The molecule has 1 aromatic heterocycles. The van der Waals surface area contributed by atoms with E-state index in [0.29, 0.717) is 11.4 Å². The van der Waals surface area contributed by atoms with Gasteiger partial charge in [0, 0.05) is 49.8 Å². The van der Waals surface area contributed by atoms with Crippen LogP contribution in [0.1, 0.15) is 15.9 Å². The Morgan fingerprint density at radius 3 is 2.52 bits per heavy atom. The van der Waals surface area contributed by atoms with Crippen molar-refractivity contribution < 1.29 is 9.53 Å². The second-order valence-electron chi connectivity index (χ2n) is 6.33. The molecule has 0 unspecified atom stereocenters. The molecule has 1 aliphatic rings. The van der Waals surface area contributed by atoms with Gasteiger partial charge in [-0.2, -0.15) is 0 Å². The van der Waals surface area contributed by atoms with E-state index in [1.807, 2.05) is 13.0 Å². The highest BCUT2D eigenvalue weighted by molar-refractivity contribution is 6.04. The van der Waals surface area contributed by atoms with Crippen molar-refractivity contribution >= 4 is 17.3 Å². The van der Waals surface area contributed by atoms with Gasteiger partial charge in [-0.05, 0) is 43.8 Å². The number of aromatic nitrogens is 1. The van der Waals surface area contributed by atoms with Crippen LogP contribution < -0.4 is 15.0 Å². The van der Waals surface area contributed by atoms with Crippen LogP contribution in [-0.4, -0.2) is 56.1 Å². The molecule has 1 aromatic carbocycles. The van der Waals surface area contributed by atoms with E-state index in [0.717, 1.165) is 37.4 Å². The topological polar surface area (TPSA) is 57.7 Å². The van der Waals surface area contributed by atoms with Crippen molar-refractivity contribution in [1.29, 1.82) is 0 Å². The van der Waals surface area contributed by atoms with Gasteiger partial charge in [0.15, 0.2) is 0 Å². The molecule has 1 amide bonds. The lowest BCUT2D eigenvalue weighted by Crippen LogP contribution is -2.44. The maximum absolute atomic E-state index is 12.4. The molecule has 2 heterocycles. The lowest BCUT2D eigenvalue weighted by atomic mass is 10.1. The number of anilines is 2. The largest absolute Gasteiger partial charge is 0.481 e. The first-order chi connectivity index (χ1) is 12.1. The quantitative estimate of drug-likeness (QED) is 0.926. The molecule has 0 atom stereocenters. The number of nitrogens with one attached hydrogen (secondary N) is 1. The molecule has 0 bridgehead atoms. The van der Waals surface area contributed by atoms with Gasteiger partial charge >= 0.3 is 0 Å². The molecule has 2 aromatic rings. The number of benzene rings is 1. The summed E-state index contributed by atoms with van der Waals surface area (Å²) in [5.74, 6) is 0.315. The molecule has 0 radical (unpaired) electrons. The van der Waals surface area contributed by atoms with Gasteiger partial charge in [-0.3, -0.25) is 4.79 Å². The fourth-order valence-corrected chi connectivity index (χ4v) is 2.88. The summed E-state index contributed by atoms with van der Waals surface area (Å²) in [5.41, 5.74) is 3.57. The summed E-state index contributed by atoms with van der Waals surface area (Å²) in [6.45, 7) is 6.21. The maximum atomic E-state index is 12.4. The zero-order chi connectivity index (χ0) is 17.8. The fraction of sp³-hybridized carbons (Fsp3) is 0.368. The summed E-state index contributed by atoms with van der Waals surface area (Å²) in [6.07, 6.45) is 1.52. The van der Waals surface area contributed by atoms with Crippen molar-refractivity contribution in [3.63, 3.8) is 0 Å². The first-order valence-corrected chi connectivity index (χ1v) is 8.42. The third kappa shape index (κ3) is 4.09. The molecule has 6 heteroatoms. The van der Waals surface area contributed by atoms with Crippen LogP contribution in [0, 0.1) is 6.92 Å². The average molecular weight is 340 g/mol. The number of hydrogen-bond acceptors (Lipinski definition) is 5. The Labute approximate surface area is 148 Å². The van der Waals surface area contributed by atoms with E-state index in [1.54, 1.807) is 19.2 Å². The Hall–Kier alpha value is -2.60. The number of carbonyl (C=O) groups is 1. The van der Waals surface area contributed by atoms with E-state index in [4.69, 9.17) is 4.74 Å². The van der Waals surface area contributed by atoms with Crippen LogP contribution in [0.25, 0.3) is 0 Å². The Bertz CT molecular complexity index is 738. The molecule has 6 nitrogen and oxygen atoms in total. The van der Waals surface area contributed by atoms with Crippen molar-refractivity contribution in [2.24, 2.45) is 0 Å². The minimum atomic E-state index is -0.175. The van der Waals surface area contributed by atoms with E-state index in [1.165, 1.54) is 11.9 Å². The number of ether oxygens (including phenoxy) is 1. The van der Waals surface area contributed by atoms with Crippen molar-refractivity contribution in [2.45, 2.75) is 6.92 Å². The number of rotatable bonds is 4. The first kappa shape index (κ1) is 17.2. The molecule has 0 aliphatic carbocycles. The number of carbonyl (C=O) groups excluding carboxylic acids is 1. The smallest absolute Gasteiger partial charge is 0.257 e. The summed E-state index contributed by atoms with van der Waals surface area (Å²) in [6, 6.07) is 9.55. The lowest BCUT2D eigenvalue weighted by molar-refractivity contribution is 0.102. The zero-order valence-corrected chi connectivity index (χ0v) is 15.0. The highest BCUT2D eigenvalue weighted by atomic mass is 16.5. The molecular formula is C19H24N4O2. The van der Waals surface area contributed by atoms with Gasteiger partial charge in [-0.1, -0.05) is 0 Å². The van der Waals surface area contributed by atoms with Crippen molar-refractivity contribution in [2.75, 3.05) is 50.6 Å². The predicted molar refractivity (Wildman–Crippen MR) is 99.6 cm³/mol. The number of likely N-dealkylation sites (N-methyl/N-ethyl adjacent to an activating group) is 1. The third-order valence-corrected chi connectivity index (χ3v) is 4.53. The predicted octanol–water partition coefficient (Wildman–Crippen LogP) is 2.40. The number of piperazine rings is 1.